The smallest absolute Gasteiger partial charge is 0.142 e. The van der Waals surface area contributed by atoms with Gasteiger partial charge in [-0.2, -0.15) is 0 Å². The summed E-state index contributed by atoms with van der Waals surface area (Å²) >= 11 is 11.6. The Morgan fingerprint density at radius 3 is 2.67 bits per heavy atom. The fourth-order valence-electron chi connectivity index (χ4n) is 1.54. The Bertz CT molecular complexity index is 404. The van der Waals surface area contributed by atoms with E-state index in [9.17, 15) is 9.50 Å². The van der Waals surface area contributed by atoms with Crippen molar-refractivity contribution < 1.29 is 14.2 Å². The van der Waals surface area contributed by atoms with Crippen LogP contribution >= 0.6 is 23.2 Å². The van der Waals surface area contributed by atoms with Crippen molar-refractivity contribution in [3.63, 3.8) is 0 Å². The molecule has 0 fully saturated rings. The molecule has 0 spiro atoms. The van der Waals surface area contributed by atoms with Gasteiger partial charge in [-0.15, -0.1) is 0 Å². The number of methoxy groups -OCH3 is 1. The maximum Gasteiger partial charge on any atom is 0.142 e. The highest BCUT2D eigenvalue weighted by Crippen LogP contribution is 2.28. The molecular formula is C12H16Cl2FNO2. The molecule has 0 saturated carbocycles. The van der Waals surface area contributed by atoms with Gasteiger partial charge in [0.15, 0.2) is 0 Å². The van der Waals surface area contributed by atoms with E-state index in [1.165, 1.54) is 19.2 Å². The lowest BCUT2D eigenvalue weighted by atomic mass is 10.1. The van der Waals surface area contributed by atoms with Crippen molar-refractivity contribution in [2.24, 2.45) is 0 Å². The number of ether oxygens (including phenoxy) is 1. The first-order chi connectivity index (χ1) is 8.45. The van der Waals surface area contributed by atoms with E-state index in [1.807, 2.05) is 6.92 Å². The summed E-state index contributed by atoms with van der Waals surface area (Å²) in [6.07, 6.45) is -0.617. The van der Waals surface area contributed by atoms with Crippen LogP contribution in [-0.2, 0) is 4.74 Å². The lowest BCUT2D eigenvalue weighted by molar-refractivity contribution is 0.0630. The third-order valence-electron chi connectivity index (χ3n) is 2.52. The Hall–Kier alpha value is -0.390. The van der Waals surface area contributed by atoms with Gasteiger partial charge in [0.2, 0.25) is 0 Å². The molecule has 0 aliphatic carbocycles. The minimum absolute atomic E-state index is 0.00429. The second-order valence-corrected chi connectivity index (χ2v) is 4.84. The SMILES string of the molecule is COCC(O)CNC(C)c1cc(F)c(Cl)cc1Cl. The molecule has 0 radical (unpaired) electrons. The zero-order valence-corrected chi connectivity index (χ0v) is 11.7. The number of rotatable bonds is 6. The number of hydrogen-bond acceptors (Lipinski definition) is 3. The number of benzene rings is 1. The molecule has 1 aromatic rings. The normalized spacial score (nSPS) is 14.6. The van der Waals surface area contributed by atoms with Crippen LogP contribution in [0.5, 0.6) is 0 Å². The van der Waals surface area contributed by atoms with E-state index in [-0.39, 0.29) is 17.7 Å². The molecule has 18 heavy (non-hydrogen) atoms. The lowest BCUT2D eigenvalue weighted by Gasteiger charge is -2.18. The average molecular weight is 296 g/mol. The van der Waals surface area contributed by atoms with Crippen LogP contribution in [-0.4, -0.2) is 31.5 Å². The van der Waals surface area contributed by atoms with Crippen molar-refractivity contribution in [1.82, 2.24) is 5.32 Å². The predicted octanol–water partition coefficient (Wildman–Crippen LogP) is 2.79. The molecule has 2 N–H and O–H groups in total. The van der Waals surface area contributed by atoms with E-state index in [1.54, 1.807) is 0 Å². The predicted molar refractivity (Wildman–Crippen MR) is 70.7 cm³/mol. The summed E-state index contributed by atoms with van der Waals surface area (Å²) in [6, 6.07) is 2.47. The first kappa shape index (κ1) is 15.7. The van der Waals surface area contributed by atoms with Gasteiger partial charge in [-0.3, -0.25) is 0 Å². The fourth-order valence-corrected chi connectivity index (χ4v) is 2.09. The Morgan fingerprint density at radius 2 is 2.06 bits per heavy atom. The second-order valence-electron chi connectivity index (χ2n) is 4.03. The largest absolute Gasteiger partial charge is 0.389 e. The van der Waals surface area contributed by atoms with Crippen LogP contribution in [0.3, 0.4) is 0 Å². The van der Waals surface area contributed by atoms with Crippen molar-refractivity contribution in [3.05, 3.63) is 33.6 Å². The van der Waals surface area contributed by atoms with E-state index in [0.29, 0.717) is 17.1 Å². The third kappa shape index (κ3) is 4.37. The van der Waals surface area contributed by atoms with Crippen LogP contribution in [0.2, 0.25) is 10.0 Å². The molecule has 0 aliphatic heterocycles. The molecule has 0 aliphatic rings. The summed E-state index contributed by atoms with van der Waals surface area (Å²) in [5.41, 5.74) is 0.600. The number of hydrogen-bond donors (Lipinski definition) is 2. The molecule has 0 heterocycles. The van der Waals surface area contributed by atoms with E-state index in [0.717, 1.165) is 0 Å². The van der Waals surface area contributed by atoms with E-state index < -0.39 is 11.9 Å². The molecule has 1 rings (SSSR count). The van der Waals surface area contributed by atoms with Crippen LogP contribution in [0.15, 0.2) is 12.1 Å². The summed E-state index contributed by atoms with van der Waals surface area (Å²) < 4.78 is 18.2. The van der Waals surface area contributed by atoms with Gasteiger partial charge in [-0.1, -0.05) is 23.2 Å². The summed E-state index contributed by atoms with van der Waals surface area (Å²) in [7, 11) is 1.51. The average Bonchev–Trinajstić information content (AvgIpc) is 2.31. The maximum absolute atomic E-state index is 13.4. The fraction of sp³-hybridized carbons (Fsp3) is 0.500. The summed E-state index contributed by atoms with van der Waals surface area (Å²) in [5.74, 6) is -0.512. The van der Waals surface area contributed by atoms with Crippen molar-refractivity contribution in [2.45, 2.75) is 19.1 Å². The molecule has 0 bridgehead atoms. The van der Waals surface area contributed by atoms with Gasteiger partial charge in [0.25, 0.3) is 0 Å². The van der Waals surface area contributed by atoms with Crippen molar-refractivity contribution in [1.29, 1.82) is 0 Å². The standard InChI is InChI=1S/C12H16Cl2FNO2/c1-7(16-5-8(17)6-18-2)9-3-12(15)11(14)4-10(9)13/h3-4,7-8,16-17H,5-6H2,1-2H3. The minimum Gasteiger partial charge on any atom is -0.389 e. The van der Waals surface area contributed by atoms with Crippen molar-refractivity contribution >= 4 is 23.2 Å². The van der Waals surface area contributed by atoms with Crippen molar-refractivity contribution in [2.75, 3.05) is 20.3 Å². The van der Waals surface area contributed by atoms with E-state index in [4.69, 9.17) is 27.9 Å². The molecule has 3 nitrogen and oxygen atoms in total. The highest BCUT2D eigenvalue weighted by molar-refractivity contribution is 6.35. The Balaban J connectivity index is 2.66. The highest BCUT2D eigenvalue weighted by atomic mass is 35.5. The van der Waals surface area contributed by atoms with Gasteiger partial charge in [0.05, 0.1) is 17.7 Å². The van der Waals surface area contributed by atoms with Crippen LogP contribution < -0.4 is 5.32 Å². The quantitative estimate of drug-likeness (QED) is 0.793. The highest BCUT2D eigenvalue weighted by Gasteiger charge is 2.14. The molecule has 0 saturated heterocycles. The minimum atomic E-state index is -0.617. The first-order valence-electron chi connectivity index (χ1n) is 5.50. The third-order valence-corrected chi connectivity index (χ3v) is 3.14. The molecule has 6 heteroatoms. The van der Waals surface area contributed by atoms with Gasteiger partial charge >= 0.3 is 0 Å². The molecule has 2 atom stereocenters. The van der Waals surface area contributed by atoms with E-state index >= 15 is 0 Å². The van der Waals surface area contributed by atoms with Gasteiger partial charge in [-0.25, -0.2) is 4.39 Å². The van der Waals surface area contributed by atoms with Gasteiger partial charge in [0.1, 0.15) is 5.82 Å². The zero-order valence-electron chi connectivity index (χ0n) is 10.2. The Morgan fingerprint density at radius 1 is 1.39 bits per heavy atom. The number of aliphatic hydroxyl groups excluding tert-OH is 1. The monoisotopic (exact) mass is 295 g/mol. The molecule has 2 unspecified atom stereocenters. The number of halogens is 3. The van der Waals surface area contributed by atoms with Crippen molar-refractivity contribution in [3.8, 4) is 0 Å². The molecule has 102 valence electrons. The van der Waals surface area contributed by atoms with Crippen LogP contribution in [0.1, 0.15) is 18.5 Å². The summed E-state index contributed by atoms with van der Waals surface area (Å²) in [6.45, 7) is 2.39. The lowest BCUT2D eigenvalue weighted by Crippen LogP contribution is -2.32. The summed E-state index contributed by atoms with van der Waals surface area (Å²) in [5, 5.41) is 12.9. The first-order valence-corrected chi connectivity index (χ1v) is 6.26. The zero-order chi connectivity index (χ0) is 13.7. The Labute approximate surface area is 116 Å². The van der Waals surface area contributed by atoms with Gasteiger partial charge in [-0.05, 0) is 24.6 Å². The van der Waals surface area contributed by atoms with Gasteiger partial charge in [0, 0.05) is 24.7 Å². The van der Waals surface area contributed by atoms with Crippen LogP contribution in [0.25, 0.3) is 0 Å². The number of aliphatic hydroxyl groups is 1. The maximum atomic E-state index is 13.4. The second kappa shape index (κ2) is 7.26. The topological polar surface area (TPSA) is 41.5 Å². The molecular weight excluding hydrogens is 280 g/mol. The van der Waals surface area contributed by atoms with E-state index in [2.05, 4.69) is 5.32 Å². The molecule has 0 aromatic heterocycles. The van der Waals surface area contributed by atoms with Crippen LogP contribution in [0.4, 0.5) is 4.39 Å². The summed E-state index contributed by atoms with van der Waals surface area (Å²) in [4.78, 5) is 0. The number of nitrogens with one attached hydrogen (secondary N) is 1. The van der Waals surface area contributed by atoms with Gasteiger partial charge < -0.3 is 15.2 Å². The molecule has 0 amide bonds. The Kier molecular flexibility index (Phi) is 6.32. The molecule has 1 aromatic carbocycles. The van der Waals surface area contributed by atoms with Crippen LogP contribution in [0, 0.1) is 5.82 Å².